The second-order valence-corrected chi connectivity index (χ2v) is 4.22. The molecule has 78 valence electrons. The summed E-state index contributed by atoms with van der Waals surface area (Å²) < 4.78 is 3.05. The van der Waals surface area contributed by atoms with Crippen molar-refractivity contribution in [1.29, 1.82) is 0 Å². The molecule has 0 heterocycles. The number of hydrogen-bond acceptors (Lipinski definition) is 1. The van der Waals surface area contributed by atoms with Crippen LogP contribution in [0.3, 0.4) is 0 Å². The molecule has 0 saturated heterocycles. The number of fused-ring (bicyclic) bond motifs is 2. The van der Waals surface area contributed by atoms with Gasteiger partial charge in [-0.2, -0.15) is 0 Å². The maximum Gasteiger partial charge on any atom is 0.0519 e. The van der Waals surface area contributed by atoms with Gasteiger partial charge in [0, 0.05) is 21.5 Å². The van der Waals surface area contributed by atoms with Gasteiger partial charge in [-0.1, -0.05) is 36.4 Å². The predicted octanol–water partition coefficient (Wildman–Crippen LogP) is 4.71. The van der Waals surface area contributed by atoms with Crippen LogP contribution in [0.4, 0.5) is 5.69 Å². The van der Waals surface area contributed by atoms with E-state index in [2.05, 4.69) is 75.1 Å². The van der Waals surface area contributed by atoms with Gasteiger partial charge in [-0.15, -0.1) is 0 Å². The van der Waals surface area contributed by atoms with Crippen molar-refractivity contribution in [2.75, 3.05) is 4.34 Å². The summed E-state index contributed by atoms with van der Waals surface area (Å²) in [5.41, 5.74) is 1.10. The summed E-state index contributed by atoms with van der Waals surface area (Å²) in [6, 6.07) is 19.1. The van der Waals surface area contributed by atoms with Crippen LogP contribution in [0.2, 0.25) is 0 Å². The molecule has 16 heavy (non-hydrogen) atoms. The van der Waals surface area contributed by atoms with Gasteiger partial charge in [-0.05, 0) is 34.4 Å². The first-order valence-electron chi connectivity index (χ1n) is 5.17. The van der Waals surface area contributed by atoms with Crippen molar-refractivity contribution in [1.82, 2.24) is 0 Å². The number of hydrogen-bond donors (Lipinski definition) is 1. The van der Waals surface area contributed by atoms with Crippen LogP contribution in [-0.2, 0) is 0 Å². The molecule has 0 radical (unpaired) electrons. The second kappa shape index (κ2) is 3.80. The SMILES string of the molecule is BrNc1cccc2cc3ccccc3cc12. The first-order valence-corrected chi connectivity index (χ1v) is 5.96. The quantitative estimate of drug-likeness (QED) is 0.499. The van der Waals surface area contributed by atoms with Gasteiger partial charge in [0.05, 0.1) is 5.69 Å². The molecular weight excluding hydrogens is 262 g/mol. The predicted molar refractivity (Wildman–Crippen MR) is 74.0 cm³/mol. The van der Waals surface area contributed by atoms with E-state index in [0.717, 1.165) is 5.69 Å². The van der Waals surface area contributed by atoms with Gasteiger partial charge in [0.2, 0.25) is 0 Å². The first-order chi connectivity index (χ1) is 7.88. The van der Waals surface area contributed by atoms with Crippen LogP contribution in [-0.4, -0.2) is 0 Å². The Balaban J connectivity index is 2.46. The maximum absolute atomic E-state index is 3.29. The highest BCUT2D eigenvalue weighted by molar-refractivity contribution is 9.10. The highest BCUT2D eigenvalue weighted by atomic mass is 79.9. The van der Waals surface area contributed by atoms with Crippen molar-refractivity contribution in [3.8, 4) is 0 Å². The second-order valence-electron chi connectivity index (χ2n) is 3.82. The molecule has 0 saturated carbocycles. The Kier molecular flexibility index (Phi) is 2.29. The fourth-order valence-electron chi connectivity index (χ4n) is 2.05. The van der Waals surface area contributed by atoms with Crippen LogP contribution in [0.15, 0.2) is 54.6 Å². The Morgan fingerprint density at radius 3 is 2.19 bits per heavy atom. The zero-order valence-electron chi connectivity index (χ0n) is 8.57. The fourth-order valence-corrected chi connectivity index (χ4v) is 2.39. The van der Waals surface area contributed by atoms with E-state index in [1.807, 2.05) is 0 Å². The number of anilines is 1. The van der Waals surface area contributed by atoms with Gasteiger partial charge in [-0.3, -0.25) is 0 Å². The van der Waals surface area contributed by atoms with E-state index in [-0.39, 0.29) is 0 Å². The van der Waals surface area contributed by atoms with Crippen LogP contribution in [0.1, 0.15) is 0 Å². The molecule has 1 nitrogen and oxygen atoms in total. The Labute approximate surface area is 102 Å². The van der Waals surface area contributed by atoms with E-state index in [1.54, 1.807) is 0 Å². The van der Waals surface area contributed by atoms with Crippen molar-refractivity contribution in [3.05, 3.63) is 54.6 Å². The largest absolute Gasteiger partial charge is 0.322 e. The number of nitrogens with one attached hydrogen (secondary N) is 1. The summed E-state index contributed by atoms with van der Waals surface area (Å²) in [5.74, 6) is 0. The lowest BCUT2D eigenvalue weighted by atomic mass is 10.0. The molecule has 3 aromatic carbocycles. The zero-order chi connectivity index (χ0) is 11.0. The molecule has 0 aliphatic carbocycles. The summed E-state index contributed by atoms with van der Waals surface area (Å²) in [6.07, 6.45) is 0. The Hall–Kier alpha value is -1.54. The number of halogens is 1. The molecule has 0 spiro atoms. The molecule has 0 bridgehead atoms. The molecule has 0 unspecified atom stereocenters. The van der Waals surface area contributed by atoms with Crippen LogP contribution >= 0.6 is 16.1 Å². The van der Waals surface area contributed by atoms with Gasteiger partial charge in [0.1, 0.15) is 0 Å². The summed E-state index contributed by atoms with van der Waals surface area (Å²) in [7, 11) is 0. The molecule has 0 fully saturated rings. The zero-order valence-corrected chi connectivity index (χ0v) is 10.2. The lowest BCUT2D eigenvalue weighted by molar-refractivity contribution is 1.75. The summed E-state index contributed by atoms with van der Waals surface area (Å²) in [4.78, 5) is 0. The average Bonchev–Trinajstić information content (AvgIpc) is 2.35. The molecular formula is C14H10BrN. The van der Waals surface area contributed by atoms with Gasteiger partial charge in [0.25, 0.3) is 0 Å². The van der Waals surface area contributed by atoms with Crippen LogP contribution in [0, 0.1) is 0 Å². The molecule has 2 heteroatoms. The smallest absolute Gasteiger partial charge is 0.0519 e. The van der Waals surface area contributed by atoms with E-state index in [1.165, 1.54) is 21.5 Å². The molecule has 1 N–H and O–H groups in total. The standard InChI is InChI=1S/C14H10BrN/c15-16-14-7-3-6-12-8-10-4-1-2-5-11(10)9-13(12)14/h1-9,16H. The van der Waals surface area contributed by atoms with Crippen molar-refractivity contribution >= 4 is 43.4 Å². The Morgan fingerprint density at radius 1 is 0.750 bits per heavy atom. The number of rotatable bonds is 1. The van der Waals surface area contributed by atoms with E-state index < -0.39 is 0 Å². The topological polar surface area (TPSA) is 12.0 Å². The minimum Gasteiger partial charge on any atom is -0.322 e. The van der Waals surface area contributed by atoms with Crippen LogP contribution in [0.5, 0.6) is 0 Å². The third kappa shape index (κ3) is 1.46. The molecule has 3 rings (SSSR count). The summed E-state index contributed by atoms with van der Waals surface area (Å²) >= 11 is 3.29. The normalized spacial score (nSPS) is 10.8. The van der Waals surface area contributed by atoms with Gasteiger partial charge < -0.3 is 4.34 Å². The van der Waals surface area contributed by atoms with Crippen molar-refractivity contribution < 1.29 is 0 Å². The maximum atomic E-state index is 3.29. The highest BCUT2D eigenvalue weighted by Crippen LogP contribution is 2.28. The molecule has 0 aliphatic heterocycles. The van der Waals surface area contributed by atoms with Crippen molar-refractivity contribution in [3.63, 3.8) is 0 Å². The van der Waals surface area contributed by atoms with Crippen LogP contribution in [0.25, 0.3) is 21.5 Å². The van der Waals surface area contributed by atoms with E-state index in [0.29, 0.717) is 0 Å². The van der Waals surface area contributed by atoms with E-state index >= 15 is 0 Å². The fraction of sp³-hybridized carbons (Fsp3) is 0. The van der Waals surface area contributed by atoms with E-state index in [9.17, 15) is 0 Å². The number of benzene rings is 3. The molecule has 0 atom stereocenters. The minimum absolute atomic E-state index is 1.10. The third-order valence-electron chi connectivity index (χ3n) is 2.85. The lowest BCUT2D eigenvalue weighted by Crippen LogP contribution is -1.83. The monoisotopic (exact) mass is 271 g/mol. The van der Waals surface area contributed by atoms with Crippen LogP contribution < -0.4 is 4.34 Å². The Morgan fingerprint density at radius 2 is 1.44 bits per heavy atom. The highest BCUT2D eigenvalue weighted by Gasteiger charge is 2.01. The lowest BCUT2D eigenvalue weighted by Gasteiger charge is -2.06. The molecule has 3 aromatic rings. The van der Waals surface area contributed by atoms with Crippen molar-refractivity contribution in [2.45, 2.75) is 0 Å². The van der Waals surface area contributed by atoms with Gasteiger partial charge in [0.15, 0.2) is 0 Å². The van der Waals surface area contributed by atoms with Crippen molar-refractivity contribution in [2.24, 2.45) is 0 Å². The molecule has 0 aromatic heterocycles. The molecule has 0 aliphatic rings. The summed E-state index contributed by atoms with van der Waals surface area (Å²) in [5, 5.41) is 5.04. The van der Waals surface area contributed by atoms with Gasteiger partial charge >= 0.3 is 0 Å². The molecule has 0 amide bonds. The third-order valence-corrected chi connectivity index (χ3v) is 3.28. The minimum atomic E-state index is 1.10. The average molecular weight is 272 g/mol. The Bertz CT molecular complexity index is 661. The van der Waals surface area contributed by atoms with E-state index in [4.69, 9.17) is 0 Å². The first kappa shape index (κ1) is 9.67. The summed E-state index contributed by atoms with van der Waals surface area (Å²) in [6.45, 7) is 0. The van der Waals surface area contributed by atoms with Gasteiger partial charge in [-0.25, -0.2) is 0 Å².